The van der Waals surface area contributed by atoms with Gasteiger partial charge >= 0.3 is 11.9 Å². The average Bonchev–Trinajstić information content (AvgIpc) is 2.74. The maximum absolute atomic E-state index is 12.6. The van der Waals surface area contributed by atoms with E-state index in [-0.39, 0.29) is 24.3 Å². The van der Waals surface area contributed by atoms with Crippen LogP contribution in [0.2, 0.25) is 0 Å². The predicted molar refractivity (Wildman–Crippen MR) is 103 cm³/mol. The molecule has 0 amide bonds. The highest BCUT2D eigenvalue weighted by molar-refractivity contribution is 6.02. The lowest BCUT2D eigenvalue weighted by Crippen LogP contribution is -2.14. The lowest BCUT2D eigenvalue weighted by molar-refractivity contribution is 0.0525. The second-order valence-electron chi connectivity index (χ2n) is 5.65. The SMILES string of the molecule is CCOC(=O)c1cc(C(=O)OCC)c(-c2ccccn2)nc1-c1ccccn1. The minimum atomic E-state index is -0.589. The van der Waals surface area contributed by atoms with Crippen molar-refractivity contribution in [2.45, 2.75) is 13.8 Å². The van der Waals surface area contributed by atoms with Gasteiger partial charge in [0.2, 0.25) is 0 Å². The largest absolute Gasteiger partial charge is 0.462 e. The van der Waals surface area contributed by atoms with E-state index in [0.717, 1.165) is 0 Å². The van der Waals surface area contributed by atoms with Gasteiger partial charge in [-0.3, -0.25) is 9.97 Å². The maximum atomic E-state index is 12.6. The smallest absolute Gasteiger partial charge is 0.340 e. The number of carbonyl (C=O) groups excluding carboxylic acids is 2. The van der Waals surface area contributed by atoms with E-state index in [1.807, 2.05) is 0 Å². The molecular formula is C21H19N3O4. The Kier molecular flexibility index (Phi) is 6.06. The Balaban J connectivity index is 2.28. The van der Waals surface area contributed by atoms with Gasteiger partial charge in [0.05, 0.1) is 35.7 Å². The van der Waals surface area contributed by atoms with E-state index in [1.165, 1.54) is 6.07 Å². The molecule has 0 spiro atoms. The van der Waals surface area contributed by atoms with Crippen LogP contribution in [0.15, 0.2) is 54.9 Å². The van der Waals surface area contributed by atoms with Crippen LogP contribution < -0.4 is 0 Å². The van der Waals surface area contributed by atoms with Gasteiger partial charge in [-0.25, -0.2) is 14.6 Å². The molecule has 7 nitrogen and oxygen atoms in total. The fourth-order valence-electron chi connectivity index (χ4n) is 2.64. The fourth-order valence-corrected chi connectivity index (χ4v) is 2.64. The summed E-state index contributed by atoms with van der Waals surface area (Å²) < 4.78 is 10.3. The molecule has 0 bridgehead atoms. The Morgan fingerprint density at radius 1 is 0.786 bits per heavy atom. The lowest BCUT2D eigenvalue weighted by atomic mass is 10.0. The van der Waals surface area contributed by atoms with E-state index >= 15 is 0 Å². The van der Waals surface area contributed by atoms with Crippen LogP contribution in [0.3, 0.4) is 0 Å². The summed E-state index contributed by atoms with van der Waals surface area (Å²) in [5.41, 5.74) is 1.88. The first kappa shape index (κ1) is 19.2. The van der Waals surface area contributed by atoms with E-state index in [0.29, 0.717) is 22.8 Å². The second-order valence-corrected chi connectivity index (χ2v) is 5.65. The molecule has 3 heterocycles. The molecule has 142 valence electrons. The summed E-state index contributed by atoms with van der Waals surface area (Å²) in [6.07, 6.45) is 3.21. The van der Waals surface area contributed by atoms with Crippen molar-refractivity contribution in [2.75, 3.05) is 13.2 Å². The highest BCUT2D eigenvalue weighted by Gasteiger charge is 2.25. The molecule has 28 heavy (non-hydrogen) atoms. The number of hydrogen-bond acceptors (Lipinski definition) is 7. The topological polar surface area (TPSA) is 91.3 Å². The molecule has 0 radical (unpaired) electrons. The van der Waals surface area contributed by atoms with Crippen LogP contribution in [0, 0.1) is 0 Å². The number of hydrogen-bond donors (Lipinski definition) is 0. The summed E-state index contributed by atoms with van der Waals surface area (Å²) in [6.45, 7) is 3.80. The predicted octanol–water partition coefficient (Wildman–Crippen LogP) is 3.56. The van der Waals surface area contributed by atoms with E-state index in [4.69, 9.17) is 9.47 Å². The zero-order valence-corrected chi connectivity index (χ0v) is 15.6. The summed E-state index contributed by atoms with van der Waals surface area (Å²) >= 11 is 0. The molecule has 3 aromatic heterocycles. The normalized spacial score (nSPS) is 10.4. The molecule has 0 N–H and O–H groups in total. The van der Waals surface area contributed by atoms with Crippen molar-refractivity contribution in [3.8, 4) is 22.8 Å². The summed E-state index contributed by atoms with van der Waals surface area (Å²) in [5.74, 6) is -1.18. The van der Waals surface area contributed by atoms with Gasteiger partial charge in [-0.2, -0.15) is 0 Å². The van der Waals surface area contributed by atoms with E-state index < -0.39 is 11.9 Å². The highest BCUT2D eigenvalue weighted by atomic mass is 16.5. The number of pyridine rings is 3. The van der Waals surface area contributed by atoms with Gasteiger partial charge in [0.15, 0.2) is 0 Å². The Morgan fingerprint density at radius 3 is 1.61 bits per heavy atom. The Bertz CT molecular complexity index is 899. The molecule has 0 aliphatic carbocycles. The van der Waals surface area contributed by atoms with Gasteiger partial charge in [-0.05, 0) is 44.2 Å². The summed E-state index contributed by atoms with van der Waals surface area (Å²) in [5, 5.41) is 0. The van der Waals surface area contributed by atoms with Gasteiger partial charge in [-0.15, -0.1) is 0 Å². The monoisotopic (exact) mass is 377 g/mol. The molecular weight excluding hydrogens is 358 g/mol. The third kappa shape index (κ3) is 4.03. The van der Waals surface area contributed by atoms with Crippen LogP contribution in [0.25, 0.3) is 22.8 Å². The lowest BCUT2D eigenvalue weighted by Gasteiger charge is -2.14. The quantitative estimate of drug-likeness (QED) is 0.607. The third-order valence-electron chi connectivity index (χ3n) is 3.83. The zero-order chi connectivity index (χ0) is 19.9. The van der Waals surface area contributed by atoms with Crippen molar-refractivity contribution < 1.29 is 19.1 Å². The standard InChI is InChI=1S/C21H19N3O4/c1-3-27-20(25)14-13-15(21(26)28-4-2)19(17-10-6-8-12-23-17)24-18(14)16-9-5-7-11-22-16/h5-13H,3-4H2,1-2H3. The maximum Gasteiger partial charge on any atom is 0.340 e. The van der Waals surface area contributed by atoms with Crippen molar-refractivity contribution in [2.24, 2.45) is 0 Å². The van der Waals surface area contributed by atoms with Crippen molar-refractivity contribution in [1.29, 1.82) is 0 Å². The fraction of sp³-hybridized carbons (Fsp3) is 0.190. The van der Waals surface area contributed by atoms with E-state index in [9.17, 15) is 9.59 Å². The molecule has 3 aromatic rings. The third-order valence-corrected chi connectivity index (χ3v) is 3.83. The Morgan fingerprint density at radius 2 is 1.25 bits per heavy atom. The number of carbonyl (C=O) groups is 2. The first-order valence-corrected chi connectivity index (χ1v) is 8.87. The summed E-state index contributed by atoms with van der Waals surface area (Å²) in [6, 6.07) is 12.0. The summed E-state index contributed by atoms with van der Waals surface area (Å²) in [7, 11) is 0. The Labute approximate surface area is 162 Å². The van der Waals surface area contributed by atoms with Crippen LogP contribution in [0.5, 0.6) is 0 Å². The minimum Gasteiger partial charge on any atom is -0.462 e. The van der Waals surface area contributed by atoms with Gasteiger partial charge in [0, 0.05) is 12.4 Å². The first-order valence-electron chi connectivity index (χ1n) is 8.87. The molecule has 0 aliphatic heterocycles. The molecule has 0 atom stereocenters. The molecule has 7 heteroatoms. The van der Waals surface area contributed by atoms with Gasteiger partial charge in [0.25, 0.3) is 0 Å². The van der Waals surface area contributed by atoms with E-state index in [2.05, 4.69) is 15.0 Å². The van der Waals surface area contributed by atoms with Crippen LogP contribution in [-0.2, 0) is 9.47 Å². The van der Waals surface area contributed by atoms with E-state index in [1.54, 1.807) is 62.6 Å². The van der Waals surface area contributed by atoms with Crippen molar-refractivity contribution in [1.82, 2.24) is 15.0 Å². The number of aromatic nitrogens is 3. The average molecular weight is 377 g/mol. The van der Waals surface area contributed by atoms with Crippen LogP contribution >= 0.6 is 0 Å². The molecule has 0 unspecified atom stereocenters. The number of nitrogens with zero attached hydrogens (tertiary/aromatic N) is 3. The van der Waals surface area contributed by atoms with Crippen molar-refractivity contribution >= 4 is 11.9 Å². The van der Waals surface area contributed by atoms with Gasteiger partial charge < -0.3 is 9.47 Å². The molecule has 0 aliphatic rings. The minimum absolute atomic E-state index is 0.142. The highest BCUT2D eigenvalue weighted by Crippen LogP contribution is 2.29. The molecule has 0 aromatic carbocycles. The Hall–Kier alpha value is -3.61. The van der Waals surface area contributed by atoms with Crippen LogP contribution in [-0.4, -0.2) is 40.1 Å². The molecule has 0 saturated heterocycles. The van der Waals surface area contributed by atoms with Crippen molar-refractivity contribution in [3.05, 3.63) is 66.0 Å². The molecule has 0 saturated carbocycles. The van der Waals surface area contributed by atoms with Crippen molar-refractivity contribution in [3.63, 3.8) is 0 Å². The zero-order valence-electron chi connectivity index (χ0n) is 15.6. The first-order chi connectivity index (χ1) is 13.7. The number of esters is 2. The number of ether oxygens (including phenoxy) is 2. The van der Waals surface area contributed by atoms with Gasteiger partial charge in [-0.1, -0.05) is 12.1 Å². The van der Waals surface area contributed by atoms with Crippen LogP contribution in [0.1, 0.15) is 34.6 Å². The number of rotatable bonds is 6. The second kappa shape index (κ2) is 8.85. The summed E-state index contributed by atoms with van der Waals surface area (Å²) in [4.78, 5) is 38.3. The molecule has 0 fully saturated rings. The van der Waals surface area contributed by atoms with Gasteiger partial charge in [0.1, 0.15) is 11.4 Å². The van der Waals surface area contributed by atoms with Crippen LogP contribution in [0.4, 0.5) is 0 Å². The molecule has 3 rings (SSSR count).